The molecule has 1 heterocycles. The van der Waals surface area contributed by atoms with Crippen molar-refractivity contribution in [3.8, 4) is 0 Å². The Labute approximate surface area is 118 Å². The monoisotopic (exact) mass is 318 g/mol. The summed E-state index contributed by atoms with van der Waals surface area (Å²) in [5.74, 6) is -1.98. The van der Waals surface area contributed by atoms with Gasteiger partial charge in [0.15, 0.2) is 5.71 Å². The maximum Gasteiger partial charge on any atom is 0.352 e. The van der Waals surface area contributed by atoms with Crippen molar-refractivity contribution in [1.82, 2.24) is 0 Å². The Kier molecular flexibility index (Phi) is 3.50. The largest absolute Gasteiger partial charge is 0.477 e. The van der Waals surface area contributed by atoms with Crippen molar-refractivity contribution in [1.29, 1.82) is 0 Å². The molecule has 1 aromatic carbocycles. The van der Waals surface area contributed by atoms with Crippen LogP contribution in [0.25, 0.3) is 0 Å². The van der Waals surface area contributed by atoms with Crippen LogP contribution in [-0.2, 0) is 19.7 Å². The van der Waals surface area contributed by atoms with Crippen LogP contribution in [0.3, 0.4) is 0 Å². The minimum atomic E-state index is -4.57. The predicted molar refractivity (Wildman–Crippen MR) is 68.4 cm³/mol. The number of carboxylic acid groups (broad SMARTS) is 1. The van der Waals surface area contributed by atoms with Gasteiger partial charge < -0.3 is 5.11 Å². The molecule has 1 amide bonds. The fraction of sp³-hybridized carbons (Fsp3) is 0.100. The highest BCUT2D eigenvalue weighted by Gasteiger charge is 2.30. The van der Waals surface area contributed by atoms with Crippen LogP contribution in [-0.4, -0.2) is 35.7 Å². The molecule has 1 aliphatic heterocycles. The molecule has 0 saturated heterocycles. The summed E-state index contributed by atoms with van der Waals surface area (Å²) in [5.41, 5.74) is -0.373. The molecule has 0 atom stereocenters. The van der Waals surface area contributed by atoms with E-state index in [-0.39, 0.29) is 16.4 Å². The molecule has 0 aromatic heterocycles. The standard InChI is InChI=1S/C10H7ClN2O6S/c11-6-2-1-5(3-8(6)20(17,18)19)13-9(14)4-7(12-13)10(15)16/h1-3H,4H2,(H,15,16)(H,17,18,19). The third-order valence-corrected chi connectivity index (χ3v) is 3.79. The lowest BCUT2D eigenvalue weighted by atomic mass is 10.2. The summed E-state index contributed by atoms with van der Waals surface area (Å²) in [4.78, 5) is 21.8. The Balaban J connectivity index is 2.50. The number of nitrogens with zero attached hydrogens (tertiary/aromatic N) is 2. The lowest BCUT2D eigenvalue weighted by Crippen LogP contribution is -2.20. The molecule has 20 heavy (non-hydrogen) atoms. The number of hydrogen-bond donors (Lipinski definition) is 2. The molecule has 106 valence electrons. The molecular formula is C10H7ClN2O6S. The van der Waals surface area contributed by atoms with E-state index < -0.39 is 33.3 Å². The Hall–Kier alpha value is -1.97. The molecule has 10 heteroatoms. The Morgan fingerprint density at radius 2 is 2.05 bits per heavy atom. The van der Waals surface area contributed by atoms with Gasteiger partial charge in [0.05, 0.1) is 17.1 Å². The van der Waals surface area contributed by atoms with Crippen LogP contribution in [0.5, 0.6) is 0 Å². The van der Waals surface area contributed by atoms with Gasteiger partial charge in [0.1, 0.15) is 4.90 Å². The van der Waals surface area contributed by atoms with E-state index in [1.165, 1.54) is 6.07 Å². The van der Waals surface area contributed by atoms with Gasteiger partial charge >= 0.3 is 5.97 Å². The second-order valence-corrected chi connectivity index (χ2v) is 5.62. The molecule has 1 aliphatic rings. The number of rotatable bonds is 3. The van der Waals surface area contributed by atoms with Gasteiger partial charge in [0, 0.05) is 0 Å². The number of anilines is 1. The number of hydrogen-bond acceptors (Lipinski definition) is 5. The van der Waals surface area contributed by atoms with Crippen molar-refractivity contribution < 1.29 is 27.7 Å². The fourth-order valence-electron chi connectivity index (χ4n) is 1.57. The number of aliphatic carboxylic acids is 1. The topological polar surface area (TPSA) is 124 Å². The number of halogens is 1. The van der Waals surface area contributed by atoms with E-state index in [1.807, 2.05) is 0 Å². The summed E-state index contributed by atoms with van der Waals surface area (Å²) in [5, 5.41) is 12.8. The summed E-state index contributed by atoms with van der Waals surface area (Å²) in [6, 6.07) is 3.37. The summed E-state index contributed by atoms with van der Waals surface area (Å²) < 4.78 is 31.2. The minimum Gasteiger partial charge on any atom is -0.477 e. The highest BCUT2D eigenvalue weighted by atomic mass is 35.5. The molecule has 0 unspecified atom stereocenters. The third kappa shape index (κ3) is 2.64. The number of hydrazone groups is 1. The molecule has 0 spiro atoms. The average molecular weight is 319 g/mol. The molecular weight excluding hydrogens is 312 g/mol. The summed E-state index contributed by atoms with van der Waals surface area (Å²) in [7, 11) is -4.57. The summed E-state index contributed by atoms with van der Waals surface area (Å²) in [6.45, 7) is 0. The van der Waals surface area contributed by atoms with Crippen LogP contribution in [0, 0.1) is 0 Å². The van der Waals surface area contributed by atoms with Gasteiger partial charge in [-0.25, -0.2) is 4.79 Å². The molecule has 0 fully saturated rings. The number of benzene rings is 1. The molecule has 2 rings (SSSR count). The average Bonchev–Trinajstić information content (AvgIpc) is 2.71. The zero-order valence-corrected chi connectivity index (χ0v) is 11.2. The van der Waals surface area contributed by atoms with E-state index in [1.54, 1.807) is 0 Å². The van der Waals surface area contributed by atoms with Gasteiger partial charge in [0.2, 0.25) is 0 Å². The SMILES string of the molecule is O=C(O)C1=NN(c2ccc(Cl)c(S(=O)(=O)O)c2)C(=O)C1. The van der Waals surface area contributed by atoms with Crippen molar-refractivity contribution in [3.05, 3.63) is 23.2 Å². The highest BCUT2D eigenvalue weighted by Crippen LogP contribution is 2.28. The van der Waals surface area contributed by atoms with Crippen molar-refractivity contribution in [2.45, 2.75) is 11.3 Å². The quantitative estimate of drug-likeness (QED) is 0.793. The molecule has 0 saturated carbocycles. The van der Waals surface area contributed by atoms with Crippen molar-refractivity contribution in [2.24, 2.45) is 5.10 Å². The van der Waals surface area contributed by atoms with E-state index in [0.29, 0.717) is 0 Å². The van der Waals surface area contributed by atoms with Gasteiger partial charge in [-0.1, -0.05) is 11.6 Å². The number of carboxylic acids is 1. The van der Waals surface area contributed by atoms with Gasteiger partial charge in [0.25, 0.3) is 16.0 Å². The molecule has 0 bridgehead atoms. The predicted octanol–water partition coefficient (Wildman–Crippen LogP) is 0.764. The Morgan fingerprint density at radius 3 is 2.55 bits per heavy atom. The van der Waals surface area contributed by atoms with Crippen molar-refractivity contribution >= 4 is 45.0 Å². The zero-order valence-electron chi connectivity index (χ0n) is 9.65. The van der Waals surface area contributed by atoms with Crippen LogP contribution in [0.15, 0.2) is 28.2 Å². The van der Waals surface area contributed by atoms with Crippen molar-refractivity contribution in [2.75, 3.05) is 5.01 Å². The van der Waals surface area contributed by atoms with Gasteiger partial charge in [-0.15, -0.1) is 0 Å². The number of carbonyl (C=O) groups is 2. The van der Waals surface area contributed by atoms with E-state index in [4.69, 9.17) is 21.3 Å². The first-order chi connectivity index (χ1) is 9.20. The molecule has 2 N–H and O–H groups in total. The van der Waals surface area contributed by atoms with E-state index in [2.05, 4.69) is 5.10 Å². The van der Waals surface area contributed by atoms with Gasteiger partial charge in [-0.05, 0) is 18.2 Å². The first-order valence-corrected chi connectivity index (χ1v) is 6.92. The molecule has 1 aromatic rings. The minimum absolute atomic E-state index is 0.0109. The van der Waals surface area contributed by atoms with Crippen LogP contribution in [0.1, 0.15) is 6.42 Å². The highest BCUT2D eigenvalue weighted by molar-refractivity contribution is 7.86. The first-order valence-electron chi connectivity index (χ1n) is 5.11. The van der Waals surface area contributed by atoms with Crippen LogP contribution in [0.2, 0.25) is 5.02 Å². The smallest absolute Gasteiger partial charge is 0.352 e. The van der Waals surface area contributed by atoms with Crippen LogP contribution >= 0.6 is 11.6 Å². The molecule has 8 nitrogen and oxygen atoms in total. The second kappa shape index (κ2) is 4.85. The fourth-order valence-corrected chi connectivity index (χ4v) is 2.57. The Bertz CT molecular complexity index is 742. The lowest BCUT2D eigenvalue weighted by molar-refractivity contribution is -0.129. The van der Waals surface area contributed by atoms with E-state index in [0.717, 1.165) is 17.1 Å². The van der Waals surface area contributed by atoms with Gasteiger partial charge in [-0.3, -0.25) is 9.35 Å². The number of amides is 1. The third-order valence-electron chi connectivity index (χ3n) is 2.46. The summed E-state index contributed by atoms with van der Waals surface area (Å²) >= 11 is 5.63. The van der Waals surface area contributed by atoms with Gasteiger partial charge in [-0.2, -0.15) is 18.5 Å². The zero-order chi connectivity index (χ0) is 15.1. The normalized spacial score (nSPS) is 15.4. The van der Waals surface area contributed by atoms with Crippen LogP contribution in [0.4, 0.5) is 5.69 Å². The Morgan fingerprint density at radius 1 is 1.40 bits per heavy atom. The van der Waals surface area contributed by atoms with E-state index in [9.17, 15) is 18.0 Å². The summed E-state index contributed by atoms with van der Waals surface area (Å²) in [6.07, 6.45) is -0.404. The first kappa shape index (κ1) is 14.4. The molecule has 0 radical (unpaired) electrons. The second-order valence-electron chi connectivity index (χ2n) is 3.82. The maximum atomic E-state index is 11.6. The van der Waals surface area contributed by atoms with E-state index >= 15 is 0 Å². The molecule has 0 aliphatic carbocycles. The van der Waals surface area contributed by atoms with Crippen molar-refractivity contribution in [3.63, 3.8) is 0 Å². The number of carbonyl (C=O) groups excluding carboxylic acids is 1. The lowest BCUT2D eigenvalue weighted by Gasteiger charge is -2.12. The van der Waals surface area contributed by atoms with Crippen LogP contribution < -0.4 is 5.01 Å². The maximum absolute atomic E-state index is 11.6.